The van der Waals surface area contributed by atoms with Crippen molar-refractivity contribution >= 4 is 15.8 Å². The Morgan fingerprint density at radius 2 is 1.75 bits per heavy atom. The summed E-state index contributed by atoms with van der Waals surface area (Å²) < 4.78 is 28.1. The van der Waals surface area contributed by atoms with Crippen LogP contribution in [0, 0.1) is 30.1 Å². The number of rotatable bonds is 5. The molecule has 2 aromatic rings. The second kappa shape index (κ2) is 7.52. The van der Waals surface area contributed by atoms with Crippen LogP contribution in [0.1, 0.15) is 55.3 Å². The number of aromatic nitrogens is 2. The highest BCUT2D eigenvalue weighted by molar-refractivity contribution is 7.89. The Balaban J connectivity index is 1.20. The van der Waals surface area contributed by atoms with Crippen molar-refractivity contribution in [3.05, 3.63) is 47.4 Å². The minimum atomic E-state index is -3.54. The molecule has 5 aliphatic rings. The zero-order valence-corrected chi connectivity index (χ0v) is 19.6. The fourth-order valence-electron chi connectivity index (χ4n) is 7.45. The van der Waals surface area contributed by atoms with Crippen LogP contribution in [0.4, 0.5) is 5.82 Å². The monoisotopic (exact) mass is 452 g/mol. The standard InChI is InChI=1S/C25H32N4O2S/c1-17-4-2-3-5-23(17)32(30,31)29-7-6-21-22(14-29)27-16-28-24(21)26-15-25-11-18-8-19(12-25)10-20(9-18)13-25/h2-5,16,18-20H,6-15H2,1H3,(H,26,27,28). The van der Waals surface area contributed by atoms with Crippen LogP contribution in [0.5, 0.6) is 0 Å². The Bertz CT molecular complexity index is 1110. The van der Waals surface area contributed by atoms with Crippen molar-refractivity contribution in [3.63, 3.8) is 0 Å². The molecule has 1 aromatic carbocycles. The third kappa shape index (κ3) is 3.45. The van der Waals surface area contributed by atoms with Crippen LogP contribution in [-0.4, -0.2) is 35.8 Å². The molecule has 1 aliphatic heterocycles. The van der Waals surface area contributed by atoms with E-state index >= 15 is 0 Å². The molecule has 4 fully saturated rings. The van der Waals surface area contributed by atoms with Crippen molar-refractivity contribution in [2.24, 2.45) is 23.2 Å². The zero-order chi connectivity index (χ0) is 21.9. The lowest BCUT2D eigenvalue weighted by molar-refractivity contribution is -0.0444. The van der Waals surface area contributed by atoms with E-state index in [1.54, 1.807) is 22.8 Å². The van der Waals surface area contributed by atoms with E-state index in [9.17, 15) is 8.42 Å². The number of nitrogens with zero attached hydrogens (tertiary/aromatic N) is 3. The van der Waals surface area contributed by atoms with Gasteiger partial charge in [0.25, 0.3) is 0 Å². The molecule has 2 heterocycles. The van der Waals surface area contributed by atoms with Gasteiger partial charge in [-0.3, -0.25) is 0 Å². The highest BCUT2D eigenvalue weighted by atomic mass is 32.2. The number of sulfonamides is 1. The van der Waals surface area contributed by atoms with Crippen molar-refractivity contribution in [2.45, 2.75) is 63.3 Å². The van der Waals surface area contributed by atoms with Gasteiger partial charge in [-0.1, -0.05) is 18.2 Å². The first-order chi connectivity index (χ1) is 15.4. The summed E-state index contributed by atoms with van der Waals surface area (Å²) in [5.74, 6) is 3.71. The van der Waals surface area contributed by atoms with Gasteiger partial charge in [-0.2, -0.15) is 4.31 Å². The summed E-state index contributed by atoms with van der Waals surface area (Å²) in [5, 5.41) is 3.71. The Morgan fingerprint density at radius 1 is 1.06 bits per heavy atom. The maximum absolute atomic E-state index is 13.3. The lowest BCUT2D eigenvalue weighted by Gasteiger charge is -2.57. The first kappa shape index (κ1) is 20.6. The minimum absolute atomic E-state index is 0.306. The van der Waals surface area contributed by atoms with Crippen LogP contribution in [0.3, 0.4) is 0 Å². The highest BCUT2D eigenvalue weighted by Gasteiger charge is 2.50. The van der Waals surface area contributed by atoms with E-state index in [0.717, 1.165) is 46.9 Å². The first-order valence-corrected chi connectivity index (χ1v) is 13.5. The number of fused-ring (bicyclic) bond motifs is 1. The van der Waals surface area contributed by atoms with Crippen LogP contribution >= 0.6 is 0 Å². The zero-order valence-electron chi connectivity index (χ0n) is 18.8. The third-order valence-electron chi connectivity index (χ3n) is 8.48. The molecule has 0 amide bonds. The van der Waals surface area contributed by atoms with Crippen molar-refractivity contribution in [2.75, 3.05) is 18.4 Å². The molecule has 0 spiro atoms. The predicted molar refractivity (Wildman–Crippen MR) is 124 cm³/mol. The molecule has 7 rings (SSSR count). The summed E-state index contributed by atoms with van der Waals surface area (Å²) in [7, 11) is -3.54. The quantitative estimate of drug-likeness (QED) is 0.737. The smallest absolute Gasteiger partial charge is 0.243 e. The summed E-state index contributed by atoms with van der Waals surface area (Å²) in [4.78, 5) is 9.44. The van der Waals surface area contributed by atoms with Gasteiger partial charge >= 0.3 is 0 Å². The number of hydrogen-bond acceptors (Lipinski definition) is 5. The van der Waals surface area contributed by atoms with Crippen molar-refractivity contribution < 1.29 is 8.42 Å². The number of aryl methyl sites for hydroxylation is 1. The second-order valence-corrected chi connectivity index (χ2v) is 12.7. The first-order valence-electron chi connectivity index (χ1n) is 12.0. The molecule has 4 saturated carbocycles. The maximum Gasteiger partial charge on any atom is 0.243 e. The molecular formula is C25H32N4O2S. The van der Waals surface area contributed by atoms with Gasteiger partial charge in [-0.05, 0) is 86.7 Å². The number of hydrogen-bond donors (Lipinski definition) is 1. The van der Waals surface area contributed by atoms with Crippen LogP contribution < -0.4 is 5.32 Å². The molecular weight excluding hydrogens is 420 g/mol. The van der Waals surface area contributed by atoms with Gasteiger partial charge in [0.2, 0.25) is 10.0 Å². The van der Waals surface area contributed by atoms with Crippen molar-refractivity contribution in [1.82, 2.24) is 14.3 Å². The van der Waals surface area contributed by atoms with Gasteiger partial charge < -0.3 is 5.32 Å². The molecule has 0 saturated heterocycles. The molecule has 0 unspecified atom stereocenters. The fourth-order valence-corrected chi connectivity index (χ4v) is 9.08. The van der Waals surface area contributed by atoms with Crippen LogP contribution in [0.15, 0.2) is 35.5 Å². The number of anilines is 1. The largest absolute Gasteiger partial charge is 0.369 e. The summed E-state index contributed by atoms with van der Waals surface area (Å²) in [6.07, 6.45) is 10.7. The molecule has 1 N–H and O–H groups in total. The lowest BCUT2D eigenvalue weighted by Crippen LogP contribution is -2.49. The predicted octanol–water partition coefficient (Wildman–Crippen LogP) is 4.16. The summed E-state index contributed by atoms with van der Waals surface area (Å²) in [6.45, 7) is 3.61. The van der Waals surface area contributed by atoms with Crippen molar-refractivity contribution in [3.8, 4) is 0 Å². The van der Waals surface area contributed by atoms with E-state index < -0.39 is 10.0 Å². The topological polar surface area (TPSA) is 75.2 Å². The van der Waals surface area contributed by atoms with E-state index in [4.69, 9.17) is 0 Å². The Morgan fingerprint density at radius 3 is 2.44 bits per heavy atom. The number of benzene rings is 1. The third-order valence-corrected chi connectivity index (χ3v) is 10.5. The van der Waals surface area contributed by atoms with Crippen LogP contribution in [-0.2, 0) is 23.0 Å². The van der Waals surface area contributed by atoms with Gasteiger partial charge in [0.15, 0.2) is 0 Å². The Labute approximate surface area is 190 Å². The van der Waals surface area contributed by atoms with Crippen LogP contribution in [0.2, 0.25) is 0 Å². The molecule has 32 heavy (non-hydrogen) atoms. The Hall–Kier alpha value is -1.99. The van der Waals surface area contributed by atoms with Gasteiger partial charge in [0.1, 0.15) is 12.1 Å². The summed E-state index contributed by atoms with van der Waals surface area (Å²) >= 11 is 0. The fraction of sp³-hybridized carbons (Fsp3) is 0.600. The van der Waals surface area contributed by atoms with Gasteiger partial charge in [-0.15, -0.1) is 0 Å². The van der Waals surface area contributed by atoms with Crippen molar-refractivity contribution in [1.29, 1.82) is 0 Å². The molecule has 7 heteroatoms. The number of nitrogens with one attached hydrogen (secondary N) is 1. The van der Waals surface area contributed by atoms with Gasteiger partial charge in [-0.25, -0.2) is 18.4 Å². The average molecular weight is 453 g/mol. The van der Waals surface area contributed by atoms with E-state index in [-0.39, 0.29) is 0 Å². The van der Waals surface area contributed by atoms with E-state index in [1.807, 2.05) is 19.1 Å². The van der Waals surface area contributed by atoms with E-state index in [1.165, 1.54) is 38.5 Å². The summed E-state index contributed by atoms with van der Waals surface area (Å²) in [5.41, 5.74) is 3.13. The molecule has 4 aliphatic carbocycles. The SMILES string of the molecule is Cc1ccccc1S(=O)(=O)N1CCc2c(ncnc2NCC23CC4CC(CC(C4)C2)C3)C1. The van der Waals surface area contributed by atoms with E-state index in [0.29, 0.717) is 29.8 Å². The average Bonchev–Trinajstić information content (AvgIpc) is 2.76. The molecule has 0 radical (unpaired) electrons. The Kier molecular flexibility index (Phi) is 4.84. The van der Waals surface area contributed by atoms with Crippen LogP contribution in [0.25, 0.3) is 0 Å². The minimum Gasteiger partial charge on any atom is -0.369 e. The molecule has 170 valence electrons. The van der Waals surface area contributed by atoms with Gasteiger partial charge in [0.05, 0.1) is 17.1 Å². The van der Waals surface area contributed by atoms with Gasteiger partial charge in [0, 0.05) is 18.7 Å². The molecule has 0 atom stereocenters. The second-order valence-electron chi connectivity index (χ2n) is 10.8. The normalized spacial score (nSPS) is 31.5. The summed E-state index contributed by atoms with van der Waals surface area (Å²) in [6, 6.07) is 7.19. The lowest BCUT2D eigenvalue weighted by atomic mass is 9.49. The van der Waals surface area contributed by atoms with E-state index in [2.05, 4.69) is 15.3 Å². The molecule has 4 bridgehead atoms. The highest BCUT2D eigenvalue weighted by Crippen LogP contribution is 2.59. The maximum atomic E-state index is 13.3. The molecule has 1 aromatic heterocycles. The molecule has 6 nitrogen and oxygen atoms in total.